The zero-order valence-corrected chi connectivity index (χ0v) is 16.7. The van der Waals surface area contributed by atoms with Gasteiger partial charge in [-0.2, -0.15) is 4.98 Å². The van der Waals surface area contributed by atoms with Crippen LogP contribution in [0.15, 0.2) is 34.9 Å². The van der Waals surface area contributed by atoms with E-state index < -0.39 is 0 Å². The quantitative estimate of drug-likeness (QED) is 0.819. The molecule has 1 aliphatic carbocycles. The molecule has 2 saturated heterocycles. The Hall–Kier alpha value is -2.21. The number of hydrogen-bond acceptors (Lipinski definition) is 5. The first kappa shape index (κ1) is 17.9. The summed E-state index contributed by atoms with van der Waals surface area (Å²) in [7, 11) is 2.17. The van der Waals surface area contributed by atoms with Gasteiger partial charge in [-0.25, -0.2) is 0 Å². The van der Waals surface area contributed by atoms with Crippen molar-refractivity contribution in [2.45, 2.75) is 43.9 Å². The average Bonchev–Trinajstić information content (AvgIpc) is 3.29. The number of likely N-dealkylation sites (tertiary alicyclic amines) is 2. The lowest BCUT2D eigenvalue weighted by Gasteiger charge is -2.40. The molecule has 5 rings (SSSR count). The van der Waals surface area contributed by atoms with E-state index in [1.807, 2.05) is 25.1 Å². The van der Waals surface area contributed by atoms with Crippen LogP contribution < -0.4 is 0 Å². The van der Waals surface area contributed by atoms with Gasteiger partial charge in [0.15, 0.2) is 5.82 Å². The fraction of sp³-hybridized carbons (Fsp3) is 0.591. The van der Waals surface area contributed by atoms with Crippen LogP contribution in [0.5, 0.6) is 0 Å². The molecule has 0 unspecified atom stereocenters. The minimum Gasteiger partial charge on any atom is -0.341 e. The van der Waals surface area contributed by atoms with E-state index >= 15 is 0 Å². The number of hydrogen-bond donors (Lipinski definition) is 0. The molecule has 3 fully saturated rings. The largest absolute Gasteiger partial charge is 0.341 e. The van der Waals surface area contributed by atoms with Gasteiger partial charge in [-0.15, -0.1) is 0 Å². The van der Waals surface area contributed by atoms with Crippen LogP contribution in [0.3, 0.4) is 0 Å². The Labute approximate surface area is 165 Å². The van der Waals surface area contributed by atoms with Crippen LogP contribution in [-0.2, 0) is 10.2 Å². The summed E-state index contributed by atoms with van der Waals surface area (Å²) in [6.07, 6.45) is 4.04. The minimum absolute atomic E-state index is 0.0495. The SMILES string of the molecule is Cc1noc([C@@H]2CN(C(=O)C3(c4ccccc4)CC3)CC23CCN(C)CC3)n1. The molecule has 148 valence electrons. The van der Waals surface area contributed by atoms with Gasteiger partial charge >= 0.3 is 0 Å². The Morgan fingerprint density at radius 3 is 2.46 bits per heavy atom. The molecule has 1 aromatic heterocycles. The predicted molar refractivity (Wildman–Crippen MR) is 105 cm³/mol. The standard InChI is InChI=1S/C22H28N4O2/c1-16-23-19(28-24-16)18-14-26(15-21(18)10-12-25(2)13-11-21)20(27)22(8-9-22)17-6-4-3-5-7-17/h3-7,18H,8-15H2,1-2H3/t18-/m0/s1. The van der Waals surface area contributed by atoms with Crippen LogP contribution in [-0.4, -0.2) is 59.1 Å². The van der Waals surface area contributed by atoms with E-state index in [-0.39, 0.29) is 22.7 Å². The highest BCUT2D eigenvalue weighted by atomic mass is 16.5. The molecule has 6 nitrogen and oxygen atoms in total. The number of carbonyl (C=O) groups excluding carboxylic acids is 1. The molecule has 2 aliphatic heterocycles. The van der Waals surface area contributed by atoms with Crippen molar-refractivity contribution in [1.82, 2.24) is 19.9 Å². The van der Waals surface area contributed by atoms with Crippen LogP contribution in [0.25, 0.3) is 0 Å². The Morgan fingerprint density at radius 2 is 1.86 bits per heavy atom. The van der Waals surface area contributed by atoms with Crippen molar-refractivity contribution in [3.63, 3.8) is 0 Å². The predicted octanol–water partition coefficient (Wildman–Crippen LogP) is 2.75. The lowest BCUT2D eigenvalue weighted by molar-refractivity contribution is -0.133. The number of amides is 1. The molecule has 1 saturated carbocycles. The van der Waals surface area contributed by atoms with Gasteiger partial charge in [0, 0.05) is 18.5 Å². The summed E-state index contributed by atoms with van der Waals surface area (Å²) in [6, 6.07) is 10.3. The normalized spacial score (nSPS) is 25.9. The van der Waals surface area contributed by atoms with Gasteiger partial charge in [-0.3, -0.25) is 4.79 Å². The van der Waals surface area contributed by atoms with Gasteiger partial charge in [0.1, 0.15) is 0 Å². The molecule has 1 amide bonds. The summed E-state index contributed by atoms with van der Waals surface area (Å²) < 4.78 is 5.60. The third-order valence-electron chi connectivity index (χ3n) is 7.25. The van der Waals surface area contributed by atoms with Gasteiger partial charge in [0.25, 0.3) is 0 Å². The average molecular weight is 380 g/mol. The molecule has 3 heterocycles. The molecule has 1 aromatic carbocycles. The highest BCUT2D eigenvalue weighted by Crippen LogP contribution is 2.54. The Bertz CT molecular complexity index is 866. The molecule has 3 aliphatic rings. The van der Waals surface area contributed by atoms with Crippen molar-refractivity contribution < 1.29 is 9.32 Å². The van der Waals surface area contributed by atoms with Crippen molar-refractivity contribution in [2.75, 3.05) is 33.2 Å². The highest BCUT2D eigenvalue weighted by Gasteiger charge is 2.58. The Balaban J connectivity index is 1.45. The molecule has 2 aromatic rings. The van der Waals surface area contributed by atoms with Crippen molar-refractivity contribution in [2.24, 2.45) is 5.41 Å². The smallest absolute Gasteiger partial charge is 0.233 e. The van der Waals surface area contributed by atoms with E-state index in [1.54, 1.807) is 0 Å². The first-order chi connectivity index (χ1) is 13.5. The number of aromatic nitrogens is 2. The molecule has 0 N–H and O–H groups in total. The number of piperidine rings is 1. The van der Waals surface area contributed by atoms with Gasteiger partial charge in [0.2, 0.25) is 11.8 Å². The van der Waals surface area contributed by atoms with Crippen LogP contribution in [0.2, 0.25) is 0 Å². The summed E-state index contributed by atoms with van der Waals surface area (Å²) in [5.74, 6) is 1.81. The number of carbonyl (C=O) groups is 1. The van der Waals surface area contributed by atoms with E-state index in [0.29, 0.717) is 18.3 Å². The molecule has 0 bridgehead atoms. The maximum atomic E-state index is 13.7. The molecule has 1 spiro atoms. The van der Waals surface area contributed by atoms with Gasteiger partial charge in [-0.1, -0.05) is 35.5 Å². The van der Waals surface area contributed by atoms with Crippen molar-refractivity contribution in [3.05, 3.63) is 47.6 Å². The third-order valence-corrected chi connectivity index (χ3v) is 7.25. The van der Waals surface area contributed by atoms with E-state index in [0.717, 1.165) is 50.9 Å². The minimum atomic E-state index is -0.312. The van der Waals surface area contributed by atoms with E-state index in [2.05, 4.69) is 39.1 Å². The lowest BCUT2D eigenvalue weighted by Crippen LogP contribution is -2.43. The Morgan fingerprint density at radius 1 is 1.14 bits per heavy atom. The number of benzene rings is 1. The molecule has 1 atom stereocenters. The summed E-state index contributed by atoms with van der Waals surface area (Å²) >= 11 is 0. The topological polar surface area (TPSA) is 62.5 Å². The first-order valence-electron chi connectivity index (χ1n) is 10.4. The van der Waals surface area contributed by atoms with E-state index in [4.69, 9.17) is 4.52 Å². The molecular formula is C22H28N4O2. The molecule has 28 heavy (non-hydrogen) atoms. The fourth-order valence-electron chi connectivity index (χ4n) is 5.30. The monoisotopic (exact) mass is 380 g/mol. The van der Waals surface area contributed by atoms with E-state index in [9.17, 15) is 4.79 Å². The van der Waals surface area contributed by atoms with Crippen molar-refractivity contribution >= 4 is 5.91 Å². The first-order valence-corrected chi connectivity index (χ1v) is 10.4. The highest BCUT2D eigenvalue weighted by molar-refractivity contribution is 5.91. The maximum Gasteiger partial charge on any atom is 0.233 e. The molecule has 6 heteroatoms. The number of rotatable bonds is 3. The van der Waals surface area contributed by atoms with Crippen LogP contribution in [0, 0.1) is 12.3 Å². The molecular weight excluding hydrogens is 352 g/mol. The van der Waals surface area contributed by atoms with Gasteiger partial charge in [-0.05, 0) is 58.3 Å². The van der Waals surface area contributed by atoms with Gasteiger partial charge < -0.3 is 14.3 Å². The fourth-order valence-corrected chi connectivity index (χ4v) is 5.30. The van der Waals surface area contributed by atoms with Gasteiger partial charge in [0.05, 0.1) is 11.3 Å². The van der Waals surface area contributed by atoms with Crippen LogP contribution >= 0.6 is 0 Å². The third kappa shape index (κ3) is 2.77. The maximum absolute atomic E-state index is 13.7. The summed E-state index contributed by atoms with van der Waals surface area (Å²) in [6.45, 7) is 5.46. The molecule has 0 radical (unpaired) electrons. The van der Waals surface area contributed by atoms with Crippen LogP contribution in [0.1, 0.15) is 48.9 Å². The zero-order valence-electron chi connectivity index (χ0n) is 16.7. The van der Waals surface area contributed by atoms with E-state index in [1.165, 1.54) is 0 Å². The van der Waals surface area contributed by atoms with Crippen molar-refractivity contribution in [1.29, 1.82) is 0 Å². The van der Waals surface area contributed by atoms with Crippen LogP contribution in [0.4, 0.5) is 0 Å². The lowest BCUT2D eigenvalue weighted by atomic mass is 9.71. The van der Waals surface area contributed by atoms with Crippen molar-refractivity contribution in [3.8, 4) is 0 Å². The second-order valence-corrected chi connectivity index (χ2v) is 9.03. The number of nitrogens with zero attached hydrogens (tertiary/aromatic N) is 4. The summed E-state index contributed by atoms with van der Waals surface area (Å²) in [5, 5.41) is 4.03. The second-order valence-electron chi connectivity index (χ2n) is 9.03. The Kier molecular flexibility index (Phi) is 4.09. The summed E-state index contributed by atoms with van der Waals surface area (Å²) in [5.41, 5.74) is 0.899. The summed E-state index contributed by atoms with van der Waals surface area (Å²) in [4.78, 5) is 22.7. The number of aryl methyl sites for hydroxylation is 1. The zero-order chi connectivity index (χ0) is 19.4. The second kappa shape index (κ2) is 6.41.